The summed E-state index contributed by atoms with van der Waals surface area (Å²) in [6.07, 6.45) is 0.904. The summed E-state index contributed by atoms with van der Waals surface area (Å²) in [5.74, 6) is 1.29. The molecule has 0 unspecified atom stereocenters. The summed E-state index contributed by atoms with van der Waals surface area (Å²) in [5.41, 5.74) is 0.571. The van der Waals surface area contributed by atoms with E-state index in [1.165, 1.54) is 11.8 Å². The van der Waals surface area contributed by atoms with Gasteiger partial charge in [0, 0.05) is 11.0 Å². The molecule has 0 aliphatic heterocycles. The molecule has 2 aromatic heterocycles. The summed E-state index contributed by atoms with van der Waals surface area (Å²) < 4.78 is 9.02. The van der Waals surface area contributed by atoms with Crippen LogP contribution < -0.4 is 5.32 Å². The zero-order valence-corrected chi connectivity index (χ0v) is 19.0. The van der Waals surface area contributed by atoms with Crippen LogP contribution in [0, 0.1) is 0 Å². The van der Waals surface area contributed by atoms with Gasteiger partial charge in [0.15, 0.2) is 15.6 Å². The van der Waals surface area contributed by atoms with E-state index in [1.54, 1.807) is 12.1 Å². The van der Waals surface area contributed by atoms with Crippen LogP contribution in [0.1, 0.15) is 13.3 Å². The standard InChI is InChI=1S/C17H15Br2ClN4O2S/c1-2-7-24-16(13-5-6-14(19)26-13)22-23-17(24)27-9-15(25)21-12-4-3-10(18)8-11(12)20/h3-6,8H,2,7,9H2,1H3,(H,21,25). The summed E-state index contributed by atoms with van der Waals surface area (Å²) >= 11 is 14.1. The summed E-state index contributed by atoms with van der Waals surface area (Å²) in [6.45, 7) is 2.79. The number of nitrogens with one attached hydrogen (secondary N) is 1. The fourth-order valence-corrected chi connectivity index (χ4v) is 4.14. The smallest absolute Gasteiger partial charge is 0.234 e. The van der Waals surface area contributed by atoms with Gasteiger partial charge >= 0.3 is 0 Å². The molecule has 0 atom stereocenters. The van der Waals surface area contributed by atoms with E-state index >= 15 is 0 Å². The molecule has 1 N–H and O–H groups in total. The molecule has 3 aromatic rings. The third-order valence-electron chi connectivity index (χ3n) is 3.50. The summed E-state index contributed by atoms with van der Waals surface area (Å²) in [4.78, 5) is 12.3. The monoisotopic (exact) mass is 532 g/mol. The highest BCUT2D eigenvalue weighted by Gasteiger charge is 2.18. The zero-order valence-electron chi connectivity index (χ0n) is 14.2. The second-order valence-electron chi connectivity index (χ2n) is 5.52. The van der Waals surface area contributed by atoms with E-state index in [4.69, 9.17) is 16.0 Å². The van der Waals surface area contributed by atoms with E-state index < -0.39 is 0 Å². The number of carbonyl (C=O) groups is 1. The maximum absolute atomic E-state index is 12.3. The van der Waals surface area contributed by atoms with Gasteiger partial charge in [-0.25, -0.2) is 0 Å². The summed E-state index contributed by atoms with van der Waals surface area (Å²) in [7, 11) is 0. The fourth-order valence-electron chi connectivity index (χ4n) is 2.34. The van der Waals surface area contributed by atoms with Crippen LogP contribution in [0.5, 0.6) is 0 Å². The van der Waals surface area contributed by atoms with Crippen molar-refractivity contribution in [1.82, 2.24) is 14.8 Å². The third kappa shape index (κ3) is 5.16. The van der Waals surface area contributed by atoms with Crippen molar-refractivity contribution in [2.75, 3.05) is 11.1 Å². The van der Waals surface area contributed by atoms with Crippen molar-refractivity contribution < 1.29 is 9.21 Å². The first kappa shape index (κ1) is 20.4. The van der Waals surface area contributed by atoms with Gasteiger partial charge in [-0.2, -0.15) is 0 Å². The van der Waals surface area contributed by atoms with Crippen LogP contribution in [0.3, 0.4) is 0 Å². The van der Waals surface area contributed by atoms with E-state index in [-0.39, 0.29) is 11.7 Å². The van der Waals surface area contributed by atoms with Crippen molar-refractivity contribution in [2.45, 2.75) is 25.0 Å². The molecule has 0 bridgehead atoms. The second kappa shape index (κ2) is 9.27. The summed E-state index contributed by atoms with van der Waals surface area (Å²) in [6, 6.07) is 8.94. The van der Waals surface area contributed by atoms with Crippen molar-refractivity contribution in [3.05, 3.63) is 44.5 Å². The van der Waals surface area contributed by atoms with E-state index in [9.17, 15) is 4.79 Å². The van der Waals surface area contributed by atoms with Gasteiger partial charge in [0.25, 0.3) is 0 Å². The Kier molecular flexibility index (Phi) is 7.02. The van der Waals surface area contributed by atoms with Crippen LogP contribution in [0.15, 0.2) is 49.0 Å². The number of hydrogen-bond acceptors (Lipinski definition) is 5. The van der Waals surface area contributed by atoms with Gasteiger partial charge in [-0.15, -0.1) is 10.2 Å². The molecular formula is C17H15Br2ClN4O2S. The molecule has 0 radical (unpaired) electrons. The van der Waals surface area contributed by atoms with Gasteiger partial charge in [-0.05, 0) is 52.7 Å². The Morgan fingerprint density at radius 3 is 2.78 bits per heavy atom. The lowest BCUT2D eigenvalue weighted by Crippen LogP contribution is -2.15. The normalized spacial score (nSPS) is 11.0. The number of rotatable bonds is 7. The van der Waals surface area contributed by atoms with Gasteiger partial charge < -0.3 is 9.73 Å². The van der Waals surface area contributed by atoms with Gasteiger partial charge in [-0.3, -0.25) is 9.36 Å². The molecule has 2 heterocycles. The highest BCUT2D eigenvalue weighted by molar-refractivity contribution is 9.10. The zero-order chi connectivity index (χ0) is 19.4. The average Bonchev–Trinajstić information content (AvgIpc) is 3.22. The molecule has 0 saturated carbocycles. The molecule has 3 rings (SSSR count). The Morgan fingerprint density at radius 1 is 1.30 bits per heavy atom. The lowest BCUT2D eigenvalue weighted by atomic mass is 10.3. The van der Waals surface area contributed by atoms with Crippen LogP contribution >= 0.6 is 55.2 Å². The highest BCUT2D eigenvalue weighted by Crippen LogP contribution is 2.29. The number of aromatic nitrogens is 3. The van der Waals surface area contributed by atoms with Crippen LogP contribution in [-0.4, -0.2) is 26.4 Å². The molecule has 1 amide bonds. The largest absolute Gasteiger partial charge is 0.446 e. The average molecular weight is 535 g/mol. The predicted molar refractivity (Wildman–Crippen MR) is 114 cm³/mol. The van der Waals surface area contributed by atoms with Gasteiger partial charge in [0.05, 0.1) is 16.5 Å². The maximum atomic E-state index is 12.3. The molecule has 142 valence electrons. The number of anilines is 1. The van der Waals surface area contributed by atoms with E-state index in [1.807, 2.05) is 22.8 Å². The number of nitrogens with zero attached hydrogens (tertiary/aromatic N) is 3. The van der Waals surface area contributed by atoms with E-state index in [0.29, 0.717) is 32.1 Å². The van der Waals surface area contributed by atoms with Crippen molar-refractivity contribution >= 4 is 66.8 Å². The highest BCUT2D eigenvalue weighted by atomic mass is 79.9. The molecule has 27 heavy (non-hydrogen) atoms. The first-order valence-corrected chi connectivity index (χ1v) is 11.0. The van der Waals surface area contributed by atoms with Crippen LogP contribution in [-0.2, 0) is 11.3 Å². The topological polar surface area (TPSA) is 73.0 Å². The molecule has 0 aliphatic carbocycles. The lowest BCUT2D eigenvalue weighted by molar-refractivity contribution is -0.113. The number of benzene rings is 1. The predicted octanol–water partition coefficient (Wildman–Crippen LogP) is 5.86. The Bertz CT molecular complexity index is 960. The van der Waals surface area contributed by atoms with Gasteiger partial charge in [0.1, 0.15) is 0 Å². The number of thioether (sulfide) groups is 1. The minimum atomic E-state index is -0.169. The minimum absolute atomic E-state index is 0.169. The third-order valence-corrected chi connectivity index (χ3v) is 5.69. The molecule has 10 heteroatoms. The maximum Gasteiger partial charge on any atom is 0.234 e. The SMILES string of the molecule is CCCn1c(SCC(=O)Nc2ccc(Br)cc2Cl)nnc1-c1ccc(Br)o1. The van der Waals surface area contributed by atoms with Gasteiger partial charge in [0.2, 0.25) is 11.7 Å². The van der Waals surface area contributed by atoms with E-state index in [0.717, 1.165) is 17.4 Å². The Balaban J connectivity index is 1.70. The van der Waals surface area contributed by atoms with Crippen molar-refractivity contribution in [2.24, 2.45) is 0 Å². The molecular weight excluding hydrogens is 520 g/mol. The van der Waals surface area contributed by atoms with Crippen LogP contribution in [0.25, 0.3) is 11.6 Å². The van der Waals surface area contributed by atoms with Crippen molar-refractivity contribution in [3.8, 4) is 11.6 Å². The molecule has 1 aromatic carbocycles. The first-order valence-electron chi connectivity index (χ1n) is 8.04. The van der Waals surface area contributed by atoms with E-state index in [2.05, 4.69) is 54.3 Å². The molecule has 0 saturated heterocycles. The fraction of sp³-hybridized carbons (Fsp3) is 0.235. The number of carbonyl (C=O) groups excluding carboxylic acids is 1. The Labute approximate surface area is 182 Å². The lowest BCUT2D eigenvalue weighted by Gasteiger charge is -2.09. The minimum Gasteiger partial charge on any atom is -0.446 e. The quantitative estimate of drug-likeness (QED) is 0.385. The summed E-state index contributed by atoms with van der Waals surface area (Å²) in [5, 5.41) is 12.4. The number of hydrogen-bond donors (Lipinski definition) is 1. The Hall–Kier alpha value is -1.29. The number of halogens is 3. The second-order valence-corrected chi connectivity index (χ2v) is 8.57. The number of amides is 1. The number of furan rings is 1. The molecule has 0 spiro atoms. The molecule has 6 nitrogen and oxygen atoms in total. The molecule has 0 fully saturated rings. The molecule has 0 aliphatic rings. The van der Waals surface area contributed by atoms with Crippen LogP contribution in [0.2, 0.25) is 5.02 Å². The first-order chi connectivity index (χ1) is 13.0. The van der Waals surface area contributed by atoms with Crippen LogP contribution in [0.4, 0.5) is 5.69 Å². The van der Waals surface area contributed by atoms with Gasteiger partial charge in [-0.1, -0.05) is 46.2 Å². The Morgan fingerprint density at radius 2 is 2.11 bits per heavy atom. The van der Waals surface area contributed by atoms with Crippen molar-refractivity contribution in [1.29, 1.82) is 0 Å². The van der Waals surface area contributed by atoms with Crippen molar-refractivity contribution in [3.63, 3.8) is 0 Å².